The lowest BCUT2D eigenvalue weighted by Gasteiger charge is -2.29. The van der Waals surface area contributed by atoms with E-state index in [-0.39, 0.29) is 6.61 Å². The molecule has 2 heteroatoms. The Morgan fingerprint density at radius 1 is 1.09 bits per heavy atom. The summed E-state index contributed by atoms with van der Waals surface area (Å²) < 4.78 is 0. The standard InChI is InChI=1S/C20H33NO/c1-3-4-5-6-7-8-9-16-10-11-17-13-19(14-18(17)12-16)20(2,21)15-22/h10-12,19,22H,3-9,13-15,21H2,1-2H3/t19-,20+/m1/s1. The summed E-state index contributed by atoms with van der Waals surface area (Å²) in [5.74, 6) is 0.372. The molecule has 0 aliphatic heterocycles. The second kappa shape index (κ2) is 8.12. The maximum absolute atomic E-state index is 9.47. The van der Waals surface area contributed by atoms with Crippen molar-refractivity contribution in [1.82, 2.24) is 0 Å². The minimum Gasteiger partial charge on any atom is -0.394 e. The first kappa shape index (κ1) is 17.5. The van der Waals surface area contributed by atoms with E-state index in [1.54, 1.807) is 0 Å². The number of unbranched alkanes of at least 4 members (excludes halogenated alkanes) is 5. The molecule has 2 atom stereocenters. The second-order valence-corrected chi connectivity index (χ2v) is 7.39. The van der Waals surface area contributed by atoms with Crippen LogP contribution in [0.3, 0.4) is 0 Å². The predicted octanol–water partition coefficient (Wildman–Crippen LogP) is 4.01. The average molecular weight is 303 g/mol. The normalized spacial score (nSPS) is 19.9. The molecule has 2 nitrogen and oxygen atoms in total. The number of aliphatic hydroxyl groups excluding tert-OH is 1. The summed E-state index contributed by atoms with van der Waals surface area (Å²) in [4.78, 5) is 0. The highest BCUT2D eigenvalue weighted by Gasteiger charge is 2.34. The van der Waals surface area contributed by atoms with Crippen LogP contribution in [0.5, 0.6) is 0 Å². The first-order chi connectivity index (χ1) is 10.6. The minimum absolute atomic E-state index is 0.0657. The molecule has 0 bridgehead atoms. The van der Waals surface area contributed by atoms with Crippen LogP contribution in [0.25, 0.3) is 0 Å². The van der Waals surface area contributed by atoms with Crippen molar-refractivity contribution in [1.29, 1.82) is 0 Å². The number of fused-ring (bicyclic) bond motifs is 1. The average Bonchev–Trinajstić information content (AvgIpc) is 2.95. The fourth-order valence-corrected chi connectivity index (χ4v) is 3.53. The Labute approximate surface area is 136 Å². The Balaban J connectivity index is 1.83. The van der Waals surface area contributed by atoms with Crippen LogP contribution in [0.2, 0.25) is 0 Å². The fourth-order valence-electron chi connectivity index (χ4n) is 3.53. The lowest BCUT2D eigenvalue weighted by molar-refractivity contribution is 0.158. The van der Waals surface area contributed by atoms with Crippen molar-refractivity contribution in [2.24, 2.45) is 11.7 Å². The van der Waals surface area contributed by atoms with Gasteiger partial charge in [-0.3, -0.25) is 0 Å². The Morgan fingerprint density at radius 3 is 2.50 bits per heavy atom. The third kappa shape index (κ3) is 4.57. The highest BCUT2D eigenvalue weighted by molar-refractivity contribution is 5.37. The van der Waals surface area contributed by atoms with E-state index in [1.165, 1.54) is 61.6 Å². The topological polar surface area (TPSA) is 46.2 Å². The van der Waals surface area contributed by atoms with Gasteiger partial charge in [0.25, 0.3) is 0 Å². The third-order valence-electron chi connectivity index (χ3n) is 5.30. The van der Waals surface area contributed by atoms with Gasteiger partial charge in [-0.2, -0.15) is 0 Å². The number of benzene rings is 1. The van der Waals surface area contributed by atoms with Gasteiger partial charge in [0.15, 0.2) is 0 Å². The number of hydrogen-bond donors (Lipinski definition) is 2. The zero-order valence-corrected chi connectivity index (χ0v) is 14.4. The second-order valence-electron chi connectivity index (χ2n) is 7.39. The summed E-state index contributed by atoms with van der Waals surface area (Å²) in [5.41, 5.74) is 10.1. The summed E-state index contributed by atoms with van der Waals surface area (Å²) in [6.07, 6.45) is 11.4. The van der Waals surface area contributed by atoms with E-state index in [0.717, 1.165) is 12.8 Å². The monoisotopic (exact) mass is 303 g/mol. The van der Waals surface area contributed by atoms with E-state index < -0.39 is 5.54 Å². The molecule has 1 aliphatic rings. The molecule has 0 fully saturated rings. The zero-order valence-electron chi connectivity index (χ0n) is 14.4. The highest BCUT2D eigenvalue weighted by Crippen LogP contribution is 2.33. The van der Waals surface area contributed by atoms with Gasteiger partial charge in [0.05, 0.1) is 6.61 Å². The van der Waals surface area contributed by atoms with E-state index in [4.69, 9.17) is 5.73 Å². The number of nitrogens with two attached hydrogens (primary N) is 1. The van der Waals surface area contributed by atoms with Gasteiger partial charge in [0, 0.05) is 5.54 Å². The van der Waals surface area contributed by atoms with Crippen molar-refractivity contribution < 1.29 is 5.11 Å². The first-order valence-corrected chi connectivity index (χ1v) is 9.07. The third-order valence-corrected chi connectivity index (χ3v) is 5.30. The molecule has 1 aromatic carbocycles. The van der Waals surface area contributed by atoms with Crippen molar-refractivity contribution in [2.75, 3.05) is 6.61 Å². The molecular formula is C20H33NO. The molecular weight excluding hydrogens is 270 g/mol. The lowest BCUT2D eigenvalue weighted by Crippen LogP contribution is -2.48. The molecule has 1 aliphatic carbocycles. The molecule has 124 valence electrons. The summed E-state index contributed by atoms with van der Waals surface area (Å²) in [6.45, 7) is 4.30. The van der Waals surface area contributed by atoms with Crippen LogP contribution >= 0.6 is 0 Å². The summed E-state index contributed by atoms with van der Waals surface area (Å²) >= 11 is 0. The van der Waals surface area contributed by atoms with Gasteiger partial charge in [0.1, 0.15) is 0 Å². The molecule has 3 N–H and O–H groups in total. The smallest absolute Gasteiger partial charge is 0.0611 e. The largest absolute Gasteiger partial charge is 0.394 e. The van der Waals surface area contributed by atoms with Crippen molar-refractivity contribution in [3.8, 4) is 0 Å². The molecule has 0 heterocycles. The Morgan fingerprint density at radius 2 is 1.77 bits per heavy atom. The van der Waals surface area contributed by atoms with Crippen LogP contribution in [0.4, 0.5) is 0 Å². The van der Waals surface area contributed by atoms with Gasteiger partial charge in [-0.05, 0) is 55.2 Å². The van der Waals surface area contributed by atoms with E-state index in [9.17, 15) is 5.11 Å². The first-order valence-electron chi connectivity index (χ1n) is 9.07. The quantitative estimate of drug-likeness (QED) is 0.677. The van der Waals surface area contributed by atoms with Gasteiger partial charge < -0.3 is 10.8 Å². The summed E-state index contributed by atoms with van der Waals surface area (Å²) in [7, 11) is 0. The number of aryl methyl sites for hydroxylation is 1. The number of rotatable bonds is 9. The number of hydrogen-bond acceptors (Lipinski definition) is 2. The van der Waals surface area contributed by atoms with Gasteiger partial charge in [-0.15, -0.1) is 0 Å². The molecule has 0 spiro atoms. The van der Waals surface area contributed by atoms with Crippen LogP contribution in [-0.2, 0) is 19.3 Å². The Hall–Kier alpha value is -0.860. The van der Waals surface area contributed by atoms with Crippen LogP contribution < -0.4 is 5.73 Å². The molecule has 0 unspecified atom stereocenters. The maximum Gasteiger partial charge on any atom is 0.0611 e. The van der Waals surface area contributed by atoms with Crippen molar-refractivity contribution in [3.05, 3.63) is 34.9 Å². The van der Waals surface area contributed by atoms with Crippen molar-refractivity contribution in [3.63, 3.8) is 0 Å². The Bertz CT molecular complexity index is 467. The zero-order chi connectivity index (χ0) is 16.0. The van der Waals surface area contributed by atoms with Crippen LogP contribution in [0.1, 0.15) is 69.1 Å². The van der Waals surface area contributed by atoms with Crippen LogP contribution in [0.15, 0.2) is 18.2 Å². The molecule has 22 heavy (non-hydrogen) atoms. The summed E-state index contributed by atoms with van der Waals surface area (Å²) in [5, 5.41) is 9.47. The predicted molar refractivity (Wildman–Crippen MR) is 94.1 cm³/mol. The van der Waals surface area contributed by atoms with Crippen molar-refractivity contribution in [2.45, 2.75) is 77.2 Å². The van der Waals surface area contributed by atoms with Crippen LogP contribution in [0, 0.1) is 5.92 Å². The molecule has 0 saturated heterocycles. The van der Waals surface area contributed by atoms with Gasteiger partial charge in [0.2, 0.25) is 0 Å². The SMILES string of the molecule is CCCCCCCCc1ccc2c(c1)C[C@H]([C@@](C)(N)CO)C2. The molecule has 2 rings (SSSR count). The summed E-state index contributed by atoms with van der Waals surface area (Å²) in [6, 6.07) is 6.96. The van der Waals surface area contributed by atoms with Gasteiger partial charge in [-0.1, -0.05) is 57.2 Å². The van der Waals surface area contributed by atoms with Gasteiger partial charge >= 0.3 is 0 Å². The van der Waals surface area contributed by atoms with Gasteiger partial charge in [-0.25, -0.2) is 0 Å². The Kier molecular flexibility index (Phi) is 6.46. The van der Waals surface area contributed by atoms with Crippen molar-refractivity contribution >= 4 is 0 Å². The number of aliphatic hydroxyl groups is 1. The minimum atomic E-state index is -0.460. The van der Waals surface area contributed by atoms with E-state index >= 15 is 0 Å². The molecule has 0 radical (unpaired) electrons. The maximum atomic E-state index is 9.47. The lowest BCUT2D eigenvalue weighted by atomic mass is 9.85. The van der Waals surface area contributed by atoms with Crippen LogP contribution in [-0.4, -0.2) is 17.3 Å². The van der Waals surface area contributed by atoms with E-state index in [0.29, 0.717) is 5.92 Å². The van der Waals surface area contributed by atoms with E-state index in [1.807, 2.05) is 6.92 Å². The highest BCUT2D eigenvalue weighted by atomic mass is 16.3. The molecule has 1 aromatic rings. The molecule has 0 amide bonds. The van der Waals surface area contributed by atoms with E-state index in [2.05, 4.69) is 25.1 Å². The fraction of sp³-hybridized carbons (Fsp3) is 0.700. The molecule has 0 aromatic heterocycles. The molecule has 0 saturated carbocycles.